The van der Waals surface area contributed by atoms with Crippen LogP contribution in [0.25, 0.3) is 0 Å². The van der Waals surface area contributed by atoms with E-state index in [9.17, 15) is 4.79 Å². The van der Waals surface area contributed by atoms with Crippen LogP contribution in [-0.2, 0) is 0 Å². The van der Waals surface area contributed by atoms with Crippen molar-refractivity contribution in [3.05, 3.63) is 33.8 Å². The van der Waals surface area contributed by atoms with Crippen LogP contribution in [0.5, 0.6) is 0 Å². The Morgan fingerprint density at radius 3 is 2.45 bits per heavy atom. The average molecular weight is 338 g/mol. The highest BCUT2D eigenvalue weighted by Gasteiger charge is 2.27. The van der Waals surface area contributed by atoms with E-state index >= 15 is 0 Å². The zero-order chi connectivity index (χ0) is 13.9. The van der Waals surface area contributed by atoms with Crippen LogP contribution in [0, 0.1) is 0 Å². The Morgan fingerprint density at radius 1 is 1.20 bits per heavy atom. The highest BCUT2D eigenvalue weighted by Crippen LogP contribution is 2.25. The summed E-state index contributed by atoms with van der Waals surface area (Å²) < 4.78 is 0. The fraction of sp³-hybridized carbons (Fsp3) is 0.500. The number of hydrogen-bond acceptors (Lipinski definition) is 2. The van der Waals surface area contributed by atoms with E-state index < -0.39 is 0 Å². The lowest BCUT2D eigenvalue weighted by atomic mass is 9.82. The van der Waals surface area contributed by atoms with Gasteiger partial charge in [0.15, 0.2) is 0 Å². The molecule has 1 aromatic carbocycles. The molecule has 0 unspecified atom stereocenters. The molecular formula is C14H19Cl3N2O. The first kappa shape index (κ1) is 17.6. The molecule has 0 bridgehead atoms. The summed E-state index contributed by atoms with van der Waals surface area (Å²) >= 11 is 11.7. The van der Waals surface area contributed by atoms with Crippen LogP contribution in [0.1, 0.15) is 42.5 Å². The Labute approximate surface area is 135 Å². The van der Waals surface area contributed by atoms with E-state index in [1.165, 1.54) is 6.42 Å². The van der Waals surface area contributed by atoms with Gasteiger partial charge in [-0.25, -0.2) is 0 Å². The van der Waals surface area contributed by atoms with Gasteiger partial charge in [0.1, 0.15) is 0 Å². The summed E-state index contributed by atoms with van der Waals surface area (Å²) in [7, 11) is 0. The summed E-state index contributed by atoms with van der Waals surface area (Å²) in [6.07, 6.45) is 5.45. The molecule has 0 atom stereocenters. The highest BCUT2D eigenvalue weighted by atomic mass is 35.5. The van der Waals surface area contributed by atoms with Crippen molar-refractivity contribution in [3.63, 3.8) is 0 Å². The second-order valence-corrected chi connectivity index (χ2v) is 6.05. The molecule has 3 nitrogen and oxygen atoms in total. The maximum atomic E-state index is 12.0. The predicted octanol–water partition coefficient (Wildman–Crippen LogP) is 3.81. The second kappa shape index (κ2) is 7.51. The zero-order valence-electron chi connectivity index (χ0n) is 11.1. The van der Waals surface area contributed by atoms with Gasteiger partial charge in [-0.15, -0.1) is 12.4 Å². The number of benzene rings is 1. The number of carbonyl (C=O) groups excluding carboxylic acids is 1. The molecule has 1 aliphatic rings. The molecule has 20 heavy (non-hydrogen) atoms. The lowest BCUT2D eigenvalue weighted by molar-refractivity contribution is 0.0937. The largest absolute Gasteiger partial charge is 0.350 e. The standard InChI is InChI=1S/C14H18Cl2N2O.ClH/c15-11-5-4-10(8-12(11)16)13(19)18-9-14(17)6-2-1-3-7-14;/h4-5,8H,1-3,6-7,9,17H2,(H,18,19);1H. The van der Waals surface area contributed by atoms with Gasteiger partial charge in [-0.1, -0.05) is 42.5 Å². The van der Waals surface area contributed by atoms with E-state index in [0.29, 0.717) is 22.2 Å². The van der Waals surface area contributed by atoms with Crippen LogP contribution in [0.15, 0.2) is 18.2 Å². The number of carbonyl (C=O) groups is 1. The molecule has 6 heteroatoms. The Bertz CT molecular complexity index is 473. The first-order chi connectivity index (χ1) is 9.00. The minimum atomic E-state index is -0.260. The van der Waals surface area contributed by atoms with Gasteiger partial charge in [0.25, 0.3) is 5.91 Å². The first-order valence-electron chi connectivity index (χ1n) is 6.52. The Balaban J connectivity index is 0.00000200. The van der Waals surface area contributed by atoms with Crippen LogP contribution in [-0.4, -0.2) is 18.0 Å². The van der Waals surface area contributed by atoms with Crippen molar-refractivity contribution in [2.75, 3.05) is 6.54 Å². The number of amides is 1. The molecule has 0 aromatic heterocycles. The molecule has 1 aliphatic carbocycles. The predicted molar refractivity (Wildman–Crippen MR) is 86.0 cm³/mol. The molecule has 112 valence electrons. The number of nitrogens with one attached hydrogen (secondary N) is 1. The van der Waals surface area contributed by atoms with E-state index in [-0.39, 0.29) is 23.9 Å². The molecule has 0 radical (unpaired) electrons. The van der Waals surface area contributed by atoms with Gasteiger partial charge in [-0.3, -0.25) is 4.79 Å². The lowest BCUT2D eigenvalue weighted by Crippen LogP contribution is -2.51. The monoisotopic (exact) mass is 336 g/mol. The third-order valence-corrected chi connectivity index (χ3v) is 4.37. The van der Waals surface area contributed by atoms with Gasteiger partial charge in [-0.2, -0.15) is 0 Å². The minimum absolute atomic E-state index is 0. The molecule has 0 spiro atoms. The minimum Gasteiger partial charge on any atom is -0.350 e. The van der Waals surface area contributed by atoms with Crippen LogP contribution in [0.3, 0.4) is 0 Å². The summed E-state index contributed by atoms with van der Waals surface area (Å²) in [5.74, 6) is -0.158. The Kier molecular flexibility index (Phi) is 6.59. The molecule has 3 N–H and O–H groups in total. The van der Waals surface area contributed by atoms with Crippen LogP contribution >= 0.6 is 35.6 Å². The van der Waals surface area contributed by atoms with Crippen molar-refractivity contribution in [2.45, 2.75) is 37.6 Å². The van der Waals surface area contributed by atoms with E-state index in [1.54, 1.807) is 18.2 Å². The van der Waals surface area contributed by atoms with E-state index in [1.807, 2.05) is 0 Å². The van der Waals surface area contributed by atoms with E-state index in [2.05, 4.69) is 5.32 Å². The molecule has 0 aliphatic heterocycles. The van der Waals surface area contributed by atoms with Crippen molar-refractivity contribution < 1.29 is 4.79 Å². The summed E-state index contributed by atoms with van der Waals surface area (Å²) in [5.41, 5.74) is 6.53. The van der Waals surface area contributed by atoms with Gasteiger partial charge in [0.05, 0.1) is 10.0 Å². The number of rotatable bonds is 3. The van der Waals surface area contributed by atoms with Gasteiger partial charge >= 0.3 is 0 Å². The quantitative estimate of drug-likeness (QED) is 0.881. The maximum Gasteiger partial charge on any atom is 0.251 e. The van der Waals surface area contributed by atoms with Crippen molar-refractivity contribution in [3.8, 4) is 0 Å². The smallest absolute Gasteiger partial charge is 0.251 e. The van der Waals surface area contributed by atoms with Crippen molar-refractivity contribution >= 4 is 41.5 Å². The van der Waals surface area contributed by atoms with Crippen molar-refractivity contribution in [1.29, 1.82) is 0 Å². The fourth-order valence-corrected chi connectivity index (χ4v) is 2.73. The summed E-state index contributed by atoms with van der Waals surface area (Å²) in [4.78, 5) is 12.0. The first-order valence-corrected chi connectivity index (χ1v) is 7.28. The van der Waals surface area contributed by atoms with Crippen molar-refractivity contribution in [2.24, 2.45) is 5.73 Å². The van der Waals surface area contributed by atoms with Gasteiger partial charge < -0.3 is 11.1 Å². The molecule has 1 aromatic rings. The van der Waals surface area contributed by atoms with Gasteiger partial charge in [0.2, 0.25) is 0 Å². The average Bonchev–Trinajstić information content (AvgIpc) is 2.40. The van der Waals surface area contributed by atoms with Crippen LogP contribution < -0.4 is 11.1 Å². The number of nitrogens with two attached hydrogens (primary N) is 1. The third-order valence-electron chi connectivity index (χ3n) is 3.63. The maximum absolute atomic E-state index is 12.0. The summed E-state index contributed by atoms with van der Waals surface area (Å²) in [5, 5.41) is 3.72. The lowest BCUT2D eigenvalue weighted by Gasteiger charge is -2.33. The molecule has 0 heterocycles. The molecular weight excluding hydrogens is 319 g/mol. The van der Waals surface area contributed by atoms with Gasteiger partial charge in [0, 0.05) is 17.6 Å². The number of hydrogen-bond donors (Lipinski definition) is 2. The normalized spacial score (nSPS) is 17.1. The molecule has 1 saturated carbocycles. The third kappa shape index (κ3) is 4.52. The highest BCUT2D eigenvalue weighted by molar-refractivity contribution is 6.42. The summed E-state index contributed by atoms with van der Waals surface area (Å²) in [6.45, 7) is 0.506. The molecule has 1 amide bonds. The SMILES string of the molecule is Cl.NC1(CNC(=O)c2ccc(Cl)c(Cl)c2)CCCCC1. The molecule has 1 fully saturated rings. The van der Waals surface area contributed by atoms with E-state index in [0.717, 1.165) is 25.7 Å². The number of halogens is 3. The van der Waals surface area contributed by atoms with Crippen molar-refractivity contribution in [1.82, 2.24) is 5.32 Å². The fourth-order valence-electron chi connectivity index (χ4n) is 2.43. The second-order valence-electron chi connectivity index (χ2n) is 5.23. The van der Waals surface area contributed by atoms with Crippen LogP contribution in [0.4, 0.5) is 0 Å². The van der Waals surface area contributed by atoms with E-state index in [4.69, 9.17) is 28.9 Å². The Hall–Kier alpha value is -0.480. The summed E-state index contributed by atoms with van der Waals surface area (Å²) in [6, 6.07) is 4.86. The topological polar surface area (TPSA) is 55.1 Å². The zero-order valence-corrected chi connectivity index (χ0v) is 13.5. The van der Waals surface area contributed by atoms with Gasteiger partial charge in [-0.05, 0) is 31.0 Å². The molecule has 2 rings (SSSR count). The Morgan fingerprint density at radius 2 is 1.85 bits per heavy atom. The molecule has 0 saturated heterocycles. The van der Waals surface area contributed by atoms with Crippen LogP contribution in [0.2, 0.25) is 10.0 Å².